The van der Waals surface area contributed by atoms with Crippen molar-refractivity contribution in [3.8, 4) is 33.6 Å². The Morgan fingerprint density at radius 1 is 0.889 bits per heavy atom. The number of thiazole rings is 1. The van der Waals surface area contributed by atoms with Crippen LogP contribution in [0, 0.1) is 0 Å². The van der Waals surface area contributed by atoms with E-state index in [1.165, 1.54) is 11.1 Å². The Hall–Kier alpha value is -3.22. The van der Waals surface area contributed by atoms with Crippen LogP contribution < -0.4 is 14.3 Å². The third-order valence-electron chi connectivity index (χ3n) is 5.83. The van der Waals surface area contributed by atoms with E-state index in [2.05, 4.69) is 24.0 Å². The van der Waals surface area contributed by atoms with Gasteiger partial charge in [0.25, 0.3) is 0 Å². The van der Waals surface area contributed by atoms with Crippen molar-refractivity contribution in [2.24, 2.45) is 0 Å². The standard InChI is InChI=1S/C29H30ClNO4S/c1-2-7-21-18-26(35-24-15-12-23(30)13-16-24)14-11-20(21)8-4-3-5-17-34-25-10-6-9-22(19-25)27-28(32)31-29(33)36-27/h6,9-16,18-19,32H,2-5,7-8,17H2,1H3,(H,31,33). The van der Waals surface area contributed by atoms with Gasteiger partial charge in [-0.25, -0.2) is 0 Å². The van der Waals surface area contributed by atoms with Gasteiger partial charge in [-0.1, -0.05) is 54.5 Å². The lowest BCUT2D eigenvalue weighted by molar-refractivity contribution is 0.305. The van der Waals surface area contributed by atoms with E-state index in [1.54, 1.807) is 0 Å². The van der Waals surface area contributed by atoms with Gasteiger partial charge in [0, 0.05) is 10.6 Å². The van der Waals surface area contributed by atoms with E-state index < -0.39 is 0 Å². The summed E-state index contributed by atoms with van der Waals surface area (Å²) in [6.07, 6.45) is 6.24. The number of rotatable bonds is 12. The molecule has 0 bridgehead atoms. The summed E-state index contributed by atoms with van der Waals surface area (Å²) in [5.74, 6) is 2.25. The molecule has 4 aromatic rings. The fourth-order valence-corrected chi connectivity index (χ4v) is 4.93. The van der Waals surface area contributed by atoms with Crippen LogP contribution in [0.3, 0.4) is 0 Å². The smallest absolute Gasteiger partial charge is 0.307 e. The first-order valence-corrected chi connectivity index (χ1v) is 13.4. The summed E-state index contributed by atoms with van der Waals surface area (Å²) in [5.41, 5.74) is 3.48. The minimum absolute atomic E-state index is 0.103. The van der Waals surface area contributed by atoms with E-state index in [1.807, 2.05) is 54.6 Å². The molecule has 0 amide bonds. The van der Waals surface area contributed by atoms with Gasteiger partial charge >= 0.3 is 4.87 Å². The second-order valence-electron chi connectivity index (χ2n) is 8.62. The van der Waals surface area contributed by atoms with Crippen LogP contribution in [0.5, 0.6) is 23.1 Å². The third-order valence-corrected chi connectivity index (χ3v) is 7.00. The van der Waals surface area contributed by atoms with Crippen LogP contribution in [0.15, 0.2) is 71.5 Å². The largest absolute Gasteiger partial charge is 0.494 e. The van der Waals surface area contributed by atoms with Gasteiger partial charge < -0.3 is 14.6 Å². The second-order valence-corrected chi connectivity index (χ2v) is 10.0. The Bertz CT molecular complexity index is 1330. The number of benzene rings is 3. The number of halogens is 1. The summed E-state index contributed by atoms with van der Waals surface area (Å²) in [6.45, 7) is 2.81. The molecule has 1 heterocycles. The minimum atomic E-state index is -0.278. The number of aromatic amines is 1. The fraction of sp³-hybridized carbons (Fsp3) is 0.276. The molecule has 0 aliphatic rings. The zero-order valence-corrected chi connectivity index (χ0v) is 21.8. The molecule has 0 unspecified atom stereocenters. The van der Waals surface area contributed by atoms with Gasteiger partial charge in [0.05, 0.1) is 11.5 Å². The van der Waals surface area contributed by atoms with Crippen LogP contribution in [-0.4, -0.2) is 16.7 Å². The number of nitrogens with one attached hydrogen (secondary N) is 1. The Balaban J connectivity index is 1.25. The molecule has 36 heavy (non-hydrogen) atoms. The molecule has 7 heteroatoms. The number of H-pyrrole nitrogens is 1. The van der Waals surface area contributed by atoms with E-state index in [4.69, 9.17) is 21.1 Å². The first-order valence-electron chi connectivity index (χ1n) is 12.2. The van der Waals surface area contributed by atoms with Gasteiger partial charge in [0.2, 0.25) is 5.88 Å². The number of ether oxygens (including phenoxy) is 2. The predicted octanol–water partition coefficient (Wildman–Crippen LogP) is 8.00. The summed E-state index contributed by atoms with van der Waals surface area (Å²) in [7, 11) is 0. The number of aromatic nitrogens is 1. The first-order chi connectivity index (χ1) is 17.5. The first kappa shape index (κ1) is 25.9. The summed E-state index contributed by atoms with van der Waals surface area (Å²) in [4.78, 5) is 14.1. The summed E-state index contributed by atoms with van der Waals surface area (Å²) in [5, 5.41) is 10.6. The number of hydrogen-bond acceptors (Lipinski definition) is 5. The van der Waals surface area contributed by atoms with Crippen LogP contribution in [0.2, 0.25) is 5.02 Å². The average molecular weight is 524 g/mol. The fourth-order valence-electron chi connectivity index (χ4n) is 4.08. The summed E-state index contributed by atoms with van der Waals surface area (Å²) < 4.78 is 11.9. The van der Waals surface area contributed by atoms with Crippen LogP contribution in [-0.2, 0) is 12.8 Å². The quantitative estimate of drug-likeness (QED) is 0.184. The van der Waals surface area contributed by atoms with Crippen molar-refractivity contribution >= 4 is 22.9 Å². The highest BCUT2D eigenvalue weighted by Crippen LogP contribution is 2.32. The van der Waals surface area contributed by atoms with Gasteiger partial charge in [-0.2, -0.15) is 0 Å². The van der Waals surface area contributed by atoms with Crippen LogP contribution >= 0.6 is 22.9 Å². The number of aromatic hydroxyl groups is 1. The van der Waals surface area contributed by atoms with Gasteiger partial charge in [0.1, 0.15) is 17.2 Å². The predicted molar refractivity (Wildman–Crippen MR) is 147 cm³/mol. The second kappa shape index (κ2) is 12.7. The maximum absolute atomic E-state index is 11.5. The molecule has 3 aromatic carbocycles. The maximum Gasteiger partial charge on any atom is 0.307 e. The summed E-state index contributed by atoms with van der Waals surface area (Å²) >= 11 is 6.95. The number of hydrogen-bond donors (Lipinski definition) is 2. The molecule has 188 valence electrons. The Labute approximate surface area is 220 Å². The Kier molecular flexibility index (Phi) is 9.09. The van der Waals surface area contributed by atoms with E-state index in [-0.39, 0.29) is 10.8 Å². The van der Waals surface area contributed by atoms with Crippen molar-refractivity contribution in [1.82, 2.24) is 4.98 Å². The SMILES string of the molecule is CCCc1cc(Oc2ccc(Cl)cc2)ccc1CCCCCOc1cccc(-c2sc(=O)[nH]c2O)c1. The molecule has 0 aliphatic heterocycles. The number of aryl methyl sites for hydroxylation is 2. The Morgan fingerprint density at radius 3 is 2.44 bits per heavy atom. The van der Waals surface area contributed by atoms with Gasteiger partial charge in [-0.05, 0) is 91.8 Å². The van der Waals surface area contributed by atoms with Gasteiger partial charge in [-0.3, -0.25) is 9.78 Å². The monoisotopic (exact) mass is 523 g/mol. The Morgan fingerprint density at radius 2 is 1.69 bits per heavy atom. The van der Waals surface area contributed by atoms with E-state index >= 15 is 0 Å². The molecule has 0 atom stereocenters. The molecule has 4 rings (SSSR count). The molecule has 5 nitrogen and oxygen atoms in total. The highest BCUT2D eigenvalue weighted by molar-refractivity contribution is 7.13. The molecule has 0 aliphatic carbocycles. The zero-order chi connectivity index (χ0) is 25.3. The van der Waals surface area contributed by atoms with Crippen molar-refractivity contribution in [3.05, 3.63) is 92.5 Å². The van der Waals surface area contributed by atoms with Crippen molar-refractivity contribution in [3.63, 3.8) is 0 Å². The lowest BCUT2D eigenvalue weighted by Crippen LogP contribution is -1.99. The van der Waals surface area contributed by atoms with Crippen molar-refractivity contribution < 1.29 is 14.6 Å². The highest BCUT2D eigenvalue weighted by atomic mass is 35.5. The van der Waals surface area contributed by atoms with E-state index in [9.17, 15) is 9.90 Å². The van der Waals surface area contributed by atoms with Crippen LogP contribution in [0.1, 0.15) is 43.7 Å². The van der Waals surface area contributed by atoms with Crippen molar-refractivity contribution in [1.29, 1.82) is 0 Å². The minimum Gasteiger partial charge on any atom is -0.494 e. The highest BCUT2D eigenvalue weighted by Gasteiger charge is 2.10. The maximum atomic E-state index is 11.5. The summed E-state index contributed by atoms with van der Waals surface area (Å²) in [6, 6.07) is 21.2. The van der Waals surface area contributed by atoms with E-state index in [0.29, 0.717) is 16.5 Å². The third kappa shape index (κ3) is 7.15. The van der Waals surface area contributed by atoms with Gasteiger partial charge in [-0.15, -0.1) is 0 Å². The molecule has 0 radical (unpaired) electrons. The molecule has 0 spiro atoms. The molecule has 2 N–H and O–H groups in total. The van der Waals surface area contributed by atoms with Crippen molar-refractivity contribution in [2.75, 3.05) is 6.61 Å². The molecule has 0 fully saturated rings. The zero-order valence-electron chi connectivity index (χ0n) is 20.3. The number of unbranched alkanes of at least 4 members (excludes halogenated alkanes) is 2. The van der Waals surface area contributed by atoms with E-state index in [0.717, 1.165) is 72.7 Å². The van der Waals surface area contributed by atoms with Gasteiger partial charge in [0.15, 0.2) is 0 Å². The topological polar surface area (TPSA) is 71.5 Å². The molecular weight excluding hydrogens is 494 g/mol. The normalized spacial score (nSPS) is 10.9. The molecule has 0 saturated carbocycles. The molecule has 0 saturated heterocycles. The molecular formula is C29H30ClNO4S. The van der Waals surface area contributed by atoms with Crippen molar-refractivity contribution in [2.45, 2.75) is 45.4 Å². The molecule has 1 aromatic heterocycles. The lowest BCUT2D eigenvalue weighted by atomic mass is 9.98. The van der Waals surface area contributed by atoms with Crippen LogP contribution in [0.25, 0.3) is 10.4 Å². The lowest BCUT2D eigenvalue weighted by Gasteiger charge is -2.13. The average Bonchev–Trinajstić information content (AvgIpc) is 3.22. The van der Waals surface area contributed by atoms with Crippen LogP contribution in [0.4, 0.5) is 0 Å².